The van der Waals surface area contributed by atoms with Crippen LogP contribution in [0.25, 0.3) is 97.2 Å². The zero-order chi connectivity index (χ0) is 78.5. The molecule has 0 radical (unpaired) electrons. The molecule has 0 spiro atoms. The van der Waals surface area contributed by atoms with Gasteiger partial charge < -0.3 is 55.6 Å². The van der Waals surface area contributed by atoms with E-state index in [2.05, 4.69) is 110 Å². The van der Waals surface area contributed by atoms with Crippen molar-refractivity contribution in [3.05, 3.63) is 300 Å². The Morgan fingerprint density at radius 1 is 0.417 bits per heavy atom. The van der Waals surface area contributed by atoms with Crippen LogP contribution >= 0.6 is 11.6 Å². The van der Waals surface area contributed by atoms with E-state index in [4.69, 9.17) is 43.4 Å². The van der Waals surface area contributed by atoms with Crippen LogP contribution in [0.2, 0.25) is 0 Å². The smallest absolute Gasteiger partial charge is 0.259 e. The molecule has 0 atom stereocenters. The maximum absolute atomic E-state index is 11.9. The summed E-state index contributed by atoms with van der Waals surface area (Å²) in [6, 6.07) is 23.5. The number of carbonyl (C=O) groups excluding carboxylic acids is 1. The lowest BCUT2D eigenvalue weighted by atomic mass is 10.1. The molecule has 0 amide bonds. The van der Waals surface area contributed by atoms with Gasteiger partial charge in [-0.05, 0) is 162 Å². The van der Waals surface area contributed by atoms with E-state index in [0.717, 1.165) is 94.8 Å². The van der Waals surface area contributed by atoms with E-state index in [1.54, 1.807) is 124 Å². The molecule has 37 heteroatoms. The summed E-state index contributed by atoms with van der Waals surface area (Å²) in [6.45, 7) is 14.4. The van der Waals surface area contributed by atoms with Crippen LogP contribution in [-0.2, 0) is 6.61 Å². The van der Waals surface area contributed by atoms with E-state index in [0.29, 0.717) is 50.6 Å². The fraction of sp³-hybridized carbons (Fsp3) is 0.141. The molecule has 0 aromatic carbocycles. The molecule has 0 aliphatic heterocycles. The normalized spacial score (nSPS) is 11.1. The summed E-state index contributed by atoms with van der Waals surface area (Å²) in [5, 5.41) is 55.1. The van der Waals surface area contributed by atoms with Crippen molar-refractivity contribution in [2.24, 2.45) is 30.7 Å². The maximum Gasteiger partial charge on any atom is 0.259 e. The van der Waals surface area contributed by atoms with E-state index >= 15 is 0 Å². The van der Waals surface area contributed by atoms with Gasteiger partial charge in [0.15, 0.2) is 17.3 Å². The van der Waals surface area contributed by atoms with Crippen molar-refractivity contribution in [2.45, 2.75) is 62.0 Å². The van der Waals surface area contributed by atoms with Gasteiger partial charge in [0.2, 0.25) is 0 Å². The van der Waals surface area contributed by atoms with E-state index in [9.17, 15) is 38.4 Å². The second-order valence-corrected chi connectivity index (χ2v) is 23.2. The third-order valence-electron chi connectivity index (χ3n) is 16.0. The van der Waals surface area contributed by atoms with Crippen molar-refractivity contribution < 1.29 is 25.5 Å². The van der Waals surface area contributed by atoms with Crippen LogP contribution in [0.4, 0.5) is 0 Å². The van der Waals surface area contributed by atoms with Crippen LogP contribution < -0.4 is 38.9 Å². The number of aliphatic hydroxyl groups is 1. The van der Waals surface area contributed by atoms with Gasteiger partial charge in [-0.15, -0.1) is 0 Å². The Morgan fingerprint density at radius 2 is 0.722 bits per heavy atom. The number of fused-ring (bicyclic) bond motifs is 7. The predicted octanol–water partition coefficient (Wildman–Crippen LogP) is 9.55. The van der Waals surface area contributed by atoms with Gasteiger partial charge in [0.25, 0.3) is 38.9 Å². The zero-order valence-electron chi connectivity index (χ0n) is 58.5. The Kier molecular flexibility index (Phi) is 26.5. The Morgan fingerprint density at radius 3 is 1.07 bits per heavy atom. The van der Waals surface area contributed by atoms with Gasteiger partial charge >= 0.3 is 0 Å². The summed E-state index contributed by atoms with van der Waals surface area (Å²) in [5.41, 5.74) is 27.1. The largest absolute Gasteiger partial charge is 0.411 e. The highest BCUT2D eigenvalue weighted by molar-refractivity contribution is 6.69. The van der Waals surface area contributed by atoms with Crippen LogP contribution in [0.1, 0.15) is 83.6 Å². The van der Waals surface area contributed by atoms with Gasteiger partial charge in [0, 0.05) is 149 Å². The standard InChI is InChI=1S/C11H10N6O.C10H8ClN3O2.C10H8N6O2.C10H9N3O2.C10H10N2O2.C10H8N2O2.C10H10N2O/c1-6-7-5-8(10(13-2)16-17-12)11(18)15-9(7)3-4-14-6;1-5-6-4-7(9(11)14-16)10(15)13-8(6)2-3-12-5;1-5-6-4-7(9(15-18)14-16-11)10(17)13-8(6)2-3-12-5;1-6-8-4-7(5-12-15)10(14)13-9(8)2-3-11-6;2*1-6-8-4-7(5-13)10(14)12-9(8)2-3-11-6;1-6-5-8-7(2)11-4-3-9(8)12-10(6)13/h3-5H,1-2H3,(H,15,18);2-4,16H,1H3,(H,13,15);2-4,18H,1H3,(H,13,17);2-5,15H,1H3,(H,13,14);2-4,13H,5H2,1H3,(H,12,14);2-5H,1H3,(H,12,14);3-5H,1-2H3,(H,12,13)/b;14-9-;15-9-;12-5+;;;. The number of aromatic nitrogens is 14. The number of amidine groups is 2. The van der Waals surface area contributed by atoms with Gasteiger partial charge in [-0.2, -0.15) is 0 Å². The van der Waals surface area contributed by atoms with Crippen molar-refractivity contribution in [2.75, 3.05) is 7.05 Å². The number of oxime groups is 3. The number of pyridine rings is 14. The molecule has 0 fully saturated rings. The first-order valence-corrected chi connectivity index (χ1v) is 32.0. The van der Waals surface area contributed by atoms with Crippen molar-refractivity contribution in [3.63, 3.8) is 0 Å². The number of aliphatic imine (C=N–C) groups is 1. The minimum atomic E-state index is -0.506. The summed E-state index contributed by atoms with van der Waals surface area (Å²) in [6.07, 6.45) is 13.0. The van der Waals surface area contributed by atoms with Gasteiger partial charge in [-0.1, -0.05) is 27.1 Å². The average molecular weight is 1480 g/mol. The van der Waals surface area contributed by atoms with Crippen molar-refractivity contribution in [1.29, 1.82) is 0 Å². The van der Waals surface area contributed by atoms with Gasteiger partial charge in [-0.25, -0.2) is 0 Å². The number of aldehydes is 1. The fourth-order valence-electron chi connectivity index (χ4n) is 10.4. The first-order valence-electron chi connectivity index (χ1n) is 31.6. The number of H-pyrrole nitrogens is 7. The lowest BCUT2D eigenvalue weighted by Crippen LogP contribution is -2.17. The summed E-state index contributed by atoms with van der Waals surface area (Å²) >= 11 is 5.61. The van der Waals surface area contributed by atoms with Gasteiger partial charge in [-0.3, -0.25) is 78.2 Å². The first-order chi connectivity index (χ1) is 51.8. The highest BCUT2D eigenvalue weighted by atomic mass is 35.5. The molecule has 14 heterocycles. The molecule has 14 aromatic rings. The monoisotopic (exact) mass is 1480 g/mol. The number of hydrogen-bond donors (Lipinski definition) is 11. The number of halogens is 1. The zero-order valence-corrected chi connectivity index (χ0v) is 59.3. The molecule has 14 aromatic heterocycles. The molecule has 108 heavy (non-hydrogen) atoms. The van der Waals surface area contributed by atoms with Crippen LogP contribution in [0.5, 0.6) is 0 Å². The molecule has 11 N–H and O–H groups in total. The van der Waals surface area contributed by atoms with Crippen molar-refractivity contribution in [1.82, 2.24) is 69.8 Å². The molecule has 0 saturated heterocycles. The Balaban J connectivity index is 0.000000159. The highest BCUT2D eigenvalue weighted by Crippen LogP contribution is 2.20. The molecular formula is C71H63ClN24O12. The Bertz CT molecular complexity index is 6360. The molecule has 0 bridgehead atoms. The second kappa shape index (κ2) is 36.3. The van der Waals surface area contributed by atoms with Crippen LogP contribution in [0, 0.1) is 55.4 Å². The number of carbonyl (C=O) groups is 1. The van der Waals surface area contributed by atoms with E-state index in [1.165, 1.54) is 13.1 Å². The SMILES string of the molecule is CN=C(N=[N+]=[N-])c1cc2c(C)nccc2[nH]c1=O.Cc1cc2c(C)nccc2[nH]c1=O.Cc1nccc2[nH]c(=O)c(/C(Cl)=N/O)cc12.Cc1nccc2[nH]c(=O)c(/C(N=[N+]=[N-])=N/O)cc12.Cc1nccc2[nH]c(=O)c(/C=N/O)cc12.Cc1nccc2[nH]c(=O)c(C=O)cc12.Cc1nccc2[nH]c(=O)c(CO)cc12. The lowest BCUT2D eigenvalue weighted by molar-refractivity contribution is 0.112. The van der Waals surface area contributed by atoms with Crippen molar-refractivity contribution >= 4 is 117 Å². The van der Waals surface area contributed by atoms with Crippen LogP contribution in [0.15, 0.2) is 193 Å². The number of rotatable bonds is 6. The third-order valence-corrected chi connectivity index (χ3v) is 16.3. The van der Waals surface area contributed by atoms with E-state index < -0.39 is 11.1 Å². The number of aromatic amines is 7. The summed E-state index contributed by atoms with van der Waals surface area (Å²) in [7, 11) is 1.46. The number of nitrogens with zero attached hydrogens (tertiary/aromatic N) is 17. The molecule has 0 aliphatic carbocycles. The van der Waals surface area contributed by atoms with Gasteiger partial charge in [0.1, 0.15) is 5.84 Å². The number of azide groups is 2. The molecule has 0 unspecified atom stereocenters. The quantitative estimate of drug-likeness (QED) is 0.0108. The number of hydrogen-bond acceptors (Lipinski definition) is 23. The van der Waals surface area contributed by atoms with Crippen LogP contribution in [-0.4, -0.2) is 127 Å². The van der Waals surface area contributed by atoms with E-state index in [1.807, 2.05) is 53.7 Å². The lowest BCUT2D eigenvalue weighted by Gasteiger charge is -2.04. The highest BCUT2D eigenvalue weighted by Gasteiger charge is 2.14. The fourth-order valence-corrected chi connectivity index (χ4v) is 10.5. The number of nitrogens with one attached hydrogen (secondary N) is 7. The van der Waals surface area contributed by atoms with E-state index in [-0.39, 0.29) is 73.5 Å². The Labute approximate surface area is 610 Å². The molecule has 0 aliphatic rings. The molecule has 0 saturated carbocycles. The number of aliphatic hydroxyl groups excluding tert-OH is 1. The average Bonchev–Trinajstić information content (AvgIpc) is 0.705. The topological polar surface area (TPSA) is 565 Å². The minimum absolute atomic E-state index is 0.0149. The number of aryl methyl sites for hydroxylation is 8. The Hall–Kier alpha value is -14.9. The minimum Gasteiger partial charge on any atom is -0.411 e. The van der Waals surface area contributed by atoms with Crippen LogP contribution in [0.3, 0.4) is 0 Å². The van der Waals surface area contributed by atoms with Crippen molar-refractivity contribution in [3.8, 4) is 0 Å². The summed E-state index contributed by atoms with van der Waals surface area (Å²) in [5.74, 6) is -0.326. The summed E-state index contributed by atoms with van der Waals surface area (Å²) < 4.78 is 0. The summed E-state index contributed by atoms with van der Waals surface area (Å²) in [4.78, 5) is 148. The molecule has 36 nitrogen and oxygen atoms in total. The molecule has 14 rings (SSSR count). The van der Waals surface area contributed by atoms with Gasteiger partial charge in [0.05, 0.1) is 79.3 Å². The first kappa shape index (κ1) is 78.9. The molecule has 546 valence electrons. The molecular weight excluding hydrogens is 1420 g/mol. The predicted molar refractivity (Wildman–Crippen MR) is 408 cm³/mol. The second-order valence-electron chi connectivity index (χ2n) is 22.8. The maximum atomic E-state index is 11.9. The third kappa shape index (κ3) is 18.9.